The van der Waals surface area contributed by atoms with Crippen LogP contribution in [0.25, 0.3) is 0 Å². The van der Waals surface area contributed by atoms with Crippen LogP contribution >= 0.6 is 0 Å². The first-order valence-corrected chi connectivity index (χ1v) is 26.1. The normalized spacial score (nSPS) is 13.4. The Hall–Kier alpha value is -4.97. The zero-order valence-corrected chi connectivity index (χ0v) is 42.3. The maximum atomic E-state index is 12.8. The number of ether oxygens (including phenoxy) is 3. The Balaban J connectivity index is 4.63. The molecule has 0 radical (unpaired) electrons. The second kappa shape index (κ2) is 53.6. The van der Waals surface area contributed by atoms with Crippen molar-refractivity contribution in [2.45, 2.75) is 194 Å². The van der Waals surface area contributed by atoms with Crippen molar-refractivity contribution in [1.29, 1.82) is 0 Å². The highest BCUT2D eigenvalue weighted by Crippen LogP contribution is 2.12. The highest BCUT2D eigenvalue weighted by molar-refractivity contribution is 5.71. The first-order valence-electron chi connectivity index (χ1n) is 26.1. The largest absolute Gasteiger partial charge is 0.462 e. The van der Waals surface area contributed by atoms with Crippen molar-refractivity contribution < 1.29 is 28.6 Å². The fourth-order valence-corrected chi connectivity index (χ4v) is 6.29. The monoisotopic (exact) mass is 921 g/mol. The summed E-state index contributed by atoms with van der Waals surface area (Å²) in [6.07, 6.45) is 78.2. The molecule has 0 aromatic carbocycles. The number of esters is 3. The molecule has 0 saturated heterocycles. The van der Waals surface area contributed by atoms with Gasteiger partial charge in [0.1, 0.15) is 13.2 Å². The lowest BCUT2D eigenvalue weighted by molar-refractivity contribution is -0.166. The van der Waals surface area contributed by atoms with E-state index in [1.165, 1.54) is 44.9 Å². The summed E-state index contributed by atoms with van der Waals surface area (Å²) in [5.74, 6) is -1.12. The third kappa shape index (κ3) is 51.9. The van der Waals surface area contributed by atoms with E-state index < -0.39 is 6.10 Å². The van der Waals surface area contributed by atoms with E-state index in [4.69, 9.17) is 14.2 Å². The van der Waals surface area contributed by atoms with E-state index in [1.807, 2.05) is 66.8 Å². The van der Waals surface area contributed by atoms with Gasteiger partial charge in [-0.25, -0.2) is 0 Å². The number of hydrogen-bond acceptors (Lipinski definition) is 6. The van der Waals surface area contributed by atoms with Gasteiger partial charge >= 0.3 is 17.9 Å². The number of carbonyl (C=O) groups excluding carboxylic acids is 3. The van der Waals surface area contributed by atoms with Gasteiger partial charge in [-0.1, -0.05) is 224 Å². The molecular formula is C61H92O6. The average Bonchev–Trinajstić information content (AvgIpc) is 3.33. The van der Waals surface area contributed by atoms with Crippen molar-refractivity contribution in [3.05, 3.63) is 158 Å². The second-order valence-electron chi connectivity index (χ2n) is 16.4. The van der Waals surface area contributed by atoms with Crippen molar-refractivity contribution in [3.63, 3.8) is 0 Å². The molecule has 0 aliphatic carbocycles. The van der Waals surface area contributed by atoms with Gasteiger partial charge in [-0.15, -0.1) is 0 Å². The lowest BCUT2D eigenvalue weighted by Crippen LogP contribution is -2.30. The van der Waals surface area contributed by atoms with Gasteiger partial charge in [0.2, 0.25) is 0 Å². The van der Waals surface area contributed by atoms with Gasteiger partial charge in [-0.3, -0.25) is 14.4 Å². The van der Waals surface area contributed by atoms with Crippen molar-refractivity contribution in [1.82, 2.24) is 0 Å². The van der Waals surface area contributed by atoms with E-state index in [9.17, 15) is 14.4 Å². The Morgan fingerprint density at radius 2 is 0.701 bits per heavy atom. The fraction of sp³-hybridized carbons (Fsp3) is 0.525. The van der Waals surface area contributed by atoms with Crippen LogP contribution in [0.2, 0.25) is 0 Å². The van der Waals surface area contributed by atoms with Crippen LogP contribution in [0.1, 0.15) is 188 Å². The zero-order valence-electron chi connectivity index (χ0n) is 42.3. The molecule has 0 aliphatic heterocycles. The summed E-state index contributed by atoms with van der Waals surface area (Å²) in [5.41, 5.74) is 0. The molecule has 0 amide bonds. The van der Waals surface area contributed by atoms with Gasteiger partial charge in [-0.05, 0) is 103 Å². The Morgan fingerprint density at radius 3 is 1.21 bits per heavy atom. The number of rotatable bonds is 44. The molecule has 6 heteroatoms. The maximum absolute atomic E-state index is 12.8. The van der Waals surface area contributed by atoms with E-state index in [2.05, 4.69) is 112 Å². The Labute approximate surface area is 409 Å². The van der Waals surface area contributed by atoms with Crippen molar-refractivity contribution in [2.24, 2.45) is 0 Å². The van der Waals surface area contributed by atoms with E-state index in [-0.39, 0.29) is 50.4 Å². The van der Waals surface area contributed by atoms with Gasteiger partial charge < -0.3 is 14.2 Å². The van der Waals surface area contributed by atoms with Crippen LogP contribution in [-0.2, 0) is 28.6 Å². The summed E-state index contributed by atoms with van der Waals surface area (Å²) in [7, 11) is 0. The molecule has 1 atom stereocenters. The van der Waals surface area contributed by atoms with E-state index in [1.54, 1.807) is 0 Å². The van der Waals surface area contributed by atoms with Gasteiger partial charge in [0, 0.05) is 19.3 Å². The molecule has 0 fully saturated rings. The van der Waals surface area contributed by atoms with Crippen LogP contribution in [0.3, 0.4) is 0 Å². The zero-order chi connectivity index (χ0) is 48.6. The lowest BCUT2D eigenvalue weighted by Gasteiger charge is -2.18. The quantitative estimate of drug-likeness (QED) is 0.0199. The van der Waals surface area contributed by atoms with Crippen molar-refractivity contribution in [3.8, 4) is 0 Å². The number of allylic oxidation sites excluding steroid dienone is 26. The minimum absolute atomic E-state index is 0.149. The lowest BCUT2D eigenvalue weighted by atomic mass is 10.1. The van der Waals surface area contributed by atoms with Crippen LogP contribution in [0, 0.1) is 0 Å². The molecule has 0 bridgehead atoms. The molecular weight excluding hydrogens is 829 g/mol. The minimum Gasteiger partial charge on any atom is -0.462 e. The van der Waals surface area contributed by atoms with Gasteiger partial charge in [0.25, 0.3) is 0 Å². The summed E-state index contributed by atoms with van der Waals surface area (Å²) < 4.78 is 16.6. The number of hydrogen-bond donors (Lipinski definition) is 0. The smallest absolute Gasteiger partial charge is 0.306 e. The Bertz CT molecular complexity index is 1570. The summed E-state index contributed by atoms with van der Waals surface area (Å²) >= 11 is 0. The highest BCUT2D eigenvalue weighted by atomic mass is 16.6. The number of carbonyl (C=O) groups is 3. The molecule has 0 saturated carbocycles. The Morgan fingerprint density at radius 1 is 0.328 bits per heavy atom. The van der Waals surface area contributed by atoms with E-state index in [0.29, 0.717) is 12.8 Å². The molecule has 0 aliphatic rings. The number of unbranched alkanes of at least 4 members (excludes halogenated alkanes) is 11. The molecule has 67 heavy (non-hydrogen) atoms. The SMILES string of the molecule is CC\C=C/C=C\C=C/C=C\C=C/CCCC(=O)OCC(COC(=O)CC/C=C\C/C=C\C/C=C\C/C=C\C/C=C\C/C=C\CC)OC(=O)CCCCCCCCC/C=C\C/C=C\CCCCC. The minimum atomic E-state index is -0.849. The van der Waals surface area contributed by atoms with Crippen LogP contribution in [-0.4, -0.2) is 37.2 Å². The molecule has 0 aromatic rings. The van der Waals surface area contributed by atoms with Crippen molar-refractivity contribution in [2.75, 3.05) is 13.2 Å². The van der Waals surface area contributed by atoms with Gasteiger partial charge in [0.15, 0.2) is 6.10 Å². The second-order valence-corrected chi connectivity index (χ2v) is 16.4. The summed E-state index contributed by atoms with van der Waals surface area (Å²) in [5, 5.41) is 0. The first kappa shape index (κ1) is 62.0. The van der Waals surface area contributed by atoms with Crippen LogP contribution in [0.5, 0.6) is 0 Å². The molecule has 0 rings (SSSR count). The highest BCUT2D eigenvalue weighted by Gasteiger charge is 2.19. The average molecular weight is 921 g/mol. The molecule has 0 aromatic heterocycles. The van der Waals surface area contributed by atoms with E-state index >= 15 is 0 Å². The molecule has 0 heterocycles. The van der Waals surface area contributed by atoms with Gasteiger partial charge in [-0.2, -0.15) is 0 Å². The van der Waals surface area contributed by atoms with Crippen LogP contribution < -0.4 is 0 Å². The molecule has 6 nitrogen and oxygen atoms in total. The topological polar surface area (TPSA) is 78.9 Å². The summed E-state index contributed by atoms with van der Waals surface area (Å²) in [6.45, 7) is 6.19. The Kier molecular flexibility index (Phi) is 49.7. The third-order valence-corrected chi connectivity index (χ3v) is 10.1. The predicted octanol–water partition coefficient (Wildman–Crippen LogP) is 17.4. The van der Waals surface area contributed by atoms with Crippen LogP contribution in [0.4, 0.5) is 0 Å². The van der Waals surface area contributed by atoms with Crippen molar-refractivity contribution >= 4 is 17.9 Å². The summed E-state index contributed by atoms with van der Waals surface area (Å²) in [4.78, 5) is 38.0. The molecule has 372 valence electrons. The summed E-state index contributed by atoms with van der Waals surface area (Å²) in [6, 6.07) is 0. The maximum Gasteiger partial charge on any atom is 0.306 e. The third-order valence-electron chi connectivity index (χ3n) is 10.1. The van der Waals surface area contributed by atoms with Crippen LogP contribution in [0.15, 0.2) is 158 Å². The van der Waals surface area contributed by atoms with Gasteiger partial charge in [0.05, 0.1) is 0 Å². The molecule has 0 spiro atoms. The fourth-order valence-electron chi connectivity index (χ4n) is 6.29. The first-order chi connectivity index (χ1) is 33.0. The van der Waals surface area contributed by atoms with E-state index in [0.717, 1.165) is 89.9 Å². The molecule has 1 unspecified atom stereocenters. The predicted molar refractivity (Wildman–Crippen MR) is 288 cm³/mol. The molecule has 0 N–H and O–H groups in total. The standard InChI is InChI=1S/C61H92O6/c1-4-7-10-13-16-19-22-25-27-29-30-32-33-36-39-42-45-48-51-54-60(63)66-57-58(56-65-59(62)53-50-47-44-41-38-35-24-21-18-15-12-9-6-3)67-61(64)55-52-49-46-43-40-37-34-31-28-26-23-20-17-14-11-8-5-2/h7,9-10,12,15-21,24-28,30,32,35-36,38-39,41,44-45,48,58H,4-6,8,11,13-14,22-23,29,31,33-34,37,40,42-43,46-47,49-57H2,1-3H3/b10-7-,12-9-,18-15-,19-16-,20-17-,24-21-,27-25-,28-26-,32-30-,38-35-,39-36-,44-41-,48-45-.